The van der Waals surface area contributed by atoms with E-state index in [2.05, 4.69) is 0 Å². The Morgan fingerprint density at radius 1 is 1.38 bits per heavy atom. The van der Waals surface area contributed by atoms with Crippen LogP contribution < -0.4 is 0 Å². The molecule has 0 aliphatic carbocycles. The standard InChI is InChI=1S/C6H11FO/c7-5-3-1-2-4-6-8/h1,3,8H,2,4-6H2/b3-1-. The van der Waals surface area contributed by atoms with Crippen LogP contribution in [0, 0.1) is 0 Å². The van der Waals surface area contributed by atoms with E-state index in [9.17, 15) is 4.39 Å². The van der Waals surface area contributed by atoms with Gasteiger partial charge in [-0.1, -0.05) is 12.2 Å². The molecule has 0 spiro atoms. The topological polar surface area (TPSA) is 20.2 Å². The van der Waals surface area contributed by atoms with E-state index >= 15 is 0 Å². The number of hydrogen-bond donors (Lipinski definition) is 1. The van der Waals surface area contributed by atoms with Crippen molar-refractivity contribution in [2.45, 2.75) is 12.8 Å². The van der Waals surface area contributed by atoms with Crippen molar-refractivity contribution in [1.29, 1.82) is 0 Å². The molecule has 0 saturated carbocycles. The Morgan fingerprint density at radius 2 is 2.12 bits per heavy atom. The Morgan fingerprint density at radius 3 is 2.62 bits per heavy atom. The number of alkyl halides is 1. The van der Waals surface area contributed by atoms with Gasteiger partial charge in [0.15, 0.2) is 0 Å². The van der Waals surface area contributed by atoms with Gasteiger partial charge in [-0.15, -0.1) is 0 Å². The molecule has 0 atom stereocenters. The normalized spacial score (nSPS) is 10.8. The molecule has 0 aliphatic rings. The number of aliphatic hydroxyl groups is 1. The van der Waals surface area contributed by atoms with Gasteiger partial charge in [0.2, 0.25) is 0 Å². The van der Waals surface area contributed by atoms with E-state index in [-0.39, 0.29) is 6.61 Å². The zero-order valence-electron chi connectivity index (χ0n) is 4.81. The molecule has 0 saturated heterocycles. The molecule has 0 fully saturated rings. The van der Waals surface area contributed by atoms with Gasteiger partial charge in [-0.3, -0.25) is 0 Å². The SMILES string of the molecule is OCCC/C=C\CF. The second-order valence-corrected chi connectivity index (χ2v) is 1.49. The van der Waals surface area contributed by atoms with Crippen LogP contribution in [0.25, 0.3) is 0 Å². The number of allylic oxidation sites excluding steroid dienone is 2. The molecule has 0 aromatic carbocycles. The van der Waals surface area contributed by atoms with Gasteiger partial charge in [0.05, 0.1) is 0 Å². The summed E-state index contributed by atoms with van der Waals surface area (Å²) in [7, 11) is 0. The highest BCUT2D eigenvalue weighted by molar-refractivity contribution is 4.80. The monoisotopic (exact) mass is 118 g/mol. The van der Waals surface area contributed by atoms with Crippen LogP contribution in [-0.4, -0.2) is 18.4 Å². The lowest BCUT2D eigenvalue weighted by Crippen LogP contribution is -1.78. The van der Waals surface area contributed by atoms with Crippen LogP contribution in [0.4, 0.5) is 4.39 Å². The van der Waals surface area contributed by atoms with E-state index < -0.39 is 6.67 Å². The lowest BCUT2D eigenvalue weighted by molar-refractivity contribution is 0.289. The summed E-state index contributed by atoms with van der Waals surface area (Å²) in [5, 5.41) is 8.24. The predicted octanol–water partition coefficient (Wildman–Crippen LogP) is 1.28. The summed E-state index contributed by atoms with van der Waals surface area (Å²) in [4.78, 5) is 0. The Hall–Kier alpha value is -0.370. The van der Waals surface area contributed by atoms with Crippen LogP contribution in [0.15, 0.2) is 12.2 Å². The maximum atomic E-state index is 11.3. The first-order valence-corrected chi connectivity index (χ1v) is 2.73. The Balaban J connectivity index is 2.80. The van der Waals surface area contributed by atoms with Crippen LogP contribution in [0.3, 0.4) is 0 Å². The van der Waals surface area contributed by atoms with Gasteiger partial charge in [-0.2, -0.15) is 0 Å². The molecule has 0 radical (unpaired) electrons. The van der Waals surface area contributed by atoms with E-state index in [1.165, 1.54) is 6.08 Å². The third kappa shape index (κ3) is 5.63. The molecule has 48 valence electrons. The first-order valence-electron chi connectivity index (χ1n) is 2.73. The average molecular weight is 118 g/mol. The highest BCUT2D eigenvalue weighted by Crippen LogP contribution is 1.88. The number of aliphatic hydroxyl groups excluding tert-OH is 1. The molecule has 0 aromatic heterocycles. The molecule has 1 N–H and O–H groups in total. The second-order valence-electron chi connectivity index (χ2n) is 1.49. The van der Waals surface area contributed by atoms with E-state index in [0.717, 1.165) is 12.8 Å². The molecule has 0 aliphatic heterocycles. The first kappa shape index (κ1) is 7.63. The van der Waals surface area contributed by atoms with Crippen molar-refractivity contribution >= 4 is 0 Å². The fourth-order valence-electron chi connectivity index (χ4n) is 0.390. The van der Waals surface area contributed by atoms with Crippen LogP contribution in [0.2, 0.25) is 0 Å². The lowest BCUT2D eigenvalue weighted by atomic mass is 10.3. The van der Waals surface area contributed by atoms with Crippen molar-refractivity contribution in [3.8, 4) is 0 Å². The smallest absolute Gasteiger partial charge is 0.108 e. The van der Waals surface area contributed by atoms with Gasteiger partial charge in [-0.25, -0.2) is 4.39 Å². The number of rotatable bonds is 4. The fourth-order valence-corrected chi connectivity index (χ4v) is 0.390. The van der Waals surface area contributed by atoms with Crippen molar-refractivity contribution < 1.29 is 9.50 Å². The van der Waals surface area contributed by atoms with Crippen LogP contribution in [-0.2, 0) is 0 Å². The highest BCUT2D eigenvalue weighted by atomic mass is 19.1. The third-order valence-electron chi connectivity index (χ3n) is 0.785. The van der Waals surface area contributed by atoms with Crippen molar-refractivity contribution in [3.05, 3.63) is 12.2 Å². The van der Waals surface area contributed by atoms with Gasteiger partial charge in [-0.05, 0) is 12.8 Å². The maximum Gasteiger partial charge on any atom is 0.108 e. The largest absolute Gasteiger partial charge is 0.396 e. The molecule has 0 heterocycles. The highest BCUT2D eigenvalue weighted by Gasteiger charge is 1.76. The van der Waals surface area contributed by atoms with Gasteiger partial charge in [0.1, 0.15) is 6.67 Å². The molecule has 0 aromatic rings. The summed E-state index contributed by atoms with van der Waals surface area (Å²) < 4.78 is 11.3. The molecular formula is C6H11FO. The van der Waals surface area contributed by atoms with Crippen LogP contribution in [0.5, 0.6) is 0 Å². The summed E-state index contributed by atoms with van der Waals surface area (Å²) in [5.74, 6) is 0. The third-order valence-corrected chi connectivity index (χ3v) is 0.785. The quantitative estimate of drug-likeness (QED) is 0.435. The van der Waals surface area contributed by atoms with E-state index in [0.29, 0.717) is 0 Å². The van der Waals surface area contributed by atoms with E-state index in [1.807, 2.05) is 0 Å². The van der Waals surface area contributed by atoms with Crippen molar-refractivity contribution in [2.24, 2.45) is 0 Å². The minimum Gasteiger partial charge on any atom is -0.396 e. The Labute approximate surface area is 48.8 Å². The van der Waals surface area contributed by atoms with Crippen molar-refractivity contribution in [2.75, 3.05) is 13.3 Å². The molecule has 2 heteroatoms. The molecule has 8 heavy (non-hydrogen) atoms. The van der Waals surface area contributed by atoms with Crippen molar-refractivity contribution in [1.82, 2.24) is 0 Å². The summed E-state index contributed by atoms with van der Waals surface area (Å²) in [6.07, 6.45) is 4.70. The molecule has 0 bridgehead atoms. The van der Waals surface area contributed by atoms with Gasteiger partial charge < -0.3 is 5.11 Å². The number of unbranched alkanes of at least 4 members (excludes halogenated alkanes) is 1. The van der Waals surface area contributed by atoms with E-state index in [4.69, 9.17) is 5.11 Å². The predicted molar refractivity (Wildman–Crippen MR) is 31.4 cm³/mol. The summed E-state index contributed by atoms with van der Waals surface area (Å²) in [5.41, 5.74) is 0. The summed E-state index contributed by atoms with van der Waals surface area (Å²) >= 11 is 0. The summed E-state index contributed by atoms with van der Waals surface area (Å²) in [6, 6.07) is 0. The van der Waals surface area contributed by atoms with Gasteiger partial charge in [0.25, 0.3) is 0 Å². The fraction of sp³-hybridized carbons (Fsp3) is 0.667. The van der Waals surface area contributed by atoms with Gasteiger partial charge in [0, 0.05) is 6.61 Å². The minimum atomic E-state index is -0.397. The molecule has 0 amide bonds. The number of hydrogen-bond acceptors (Lipinski definition) is 1. The van der Waals surface area contributed by atoms with Crippen molar-refractivity contribution in [3.63, 3.8) is 0 Å². The second kappa shape index (κ2) is 6.63. The molecule has 0 rings (SSSR count). The molecule has 1 nitrogen and oxygen atoms in total. The Bertz CT molecular complexity index is 61.5. The molecular weight excluding hydrogens is 107 g/mol. The van der Waals surface area contributed by atoms with E-state index in [1.54, 1.807) is 6.08 Å². The zero-order chi connectivity index (χ0) is 6.24. The average Bonchev–Trinajstić information content (AvgIpc) is 1.81. The lowest BCUT2D eigenvalue weighted by Gasteiger charge is -1.84. The Kier molecular flexibility index (Phi) is 6.32. The van der Waals surface area contributed by atoms with Crippen LogP contribution in [0.1, 0.15) is 12.8 Å². The summed E-state index contributed by atoms with van der Waals surface area (Å²) in [6.45, 7) is -0.206. The minimum absolute atomic E-state index is 0.191. The number of halogens is 1. The zero-order valence-corrected chi connectivity index (χ0v) is 4.81. The maximum absolute atomic E-state index is 11.3. The van der Waals surface area contributed by atoms with Gasteiger partial charge >= 0.3 is 0 Å². The van der Waals surface area contributed by atoms with Crippen LogP contribution >= 0.6 is 0 Å². The molecule has 0 unspecified atom stereocenters. The first-order chi connectivity index (χ1) is 3.91.